The predicted octanol–water partition coefficient (Wildman–Crippen LogP) is 3.26. The molecule has 1 atom stereocenters. The number of rotatable bonds is 5. The van der Waals surface area contributed by atoms with Crippen molar-refractivity contribution < 1.29 is 4.21 Å². The fourth-order valence-electron chi connectivity index (χ4n) is 1.00. The van der Waals surface area contributed by atoms with Crippen molar-refractivity contribution in [2.24, 2.45) is 10.2 Å². The number of hydrogen-bond donors (Lipinski definition) is 0. The number of nitrogens with zero attached hydrogens (tertiary/aromatic N) is 6. The van der Waals surface area contributed by atoms with Crippen LogP contribution < -0.4 is 0 Å². The summed E-state index contributed by atoms with van der Waals surface area (Å²) in [6, 6.07) is 8.68. The van der Waals surface area contributed by atoms with E-state index in [0.717, 1.165) is 0 Å². The predicted molar refractivity (Wildman–Crippen MR) is 64.1 cm³/mol. The van der Waals surface area contributed by atoms with Crippen LogP contribution in [0.15, 0.2) is 56.6 Å². The quantitative estimate of drug-likeness (QED) is 0.444. The average Bonchev–Trinajstić information content (AvgIpc) is 2.37. The van der Waals surface area contributed by atoms with E-state index in [0.29, 0.717) is 4.90 Å². The Morgan fingerprint density at radius 2 is 2.00 bits per heavy atom. The first-order chi connectivity index (χ1) is 8.27. The van der Waals surface area contributed by atoms with Gasteiger partial charge in [-0.15, -0.1) is 0 Å². The second-order valence-electron chi connectivity index (χ2n) is 2.80. The zero-order valence-corrected chi connectivity index (χ0v) is 9.49. The fourth-order valence-corrected chi connectivity index (χ4v) is 1.93. The van der Waals surface area contributed by atoms with Crippen LogP contribution in [0, 0.1) is 0 Å². The Labute approximate surface area is 99.5 Å². The van der Waals surface area contributed by atoms with Crippen molar-refractivity contribution in [3.63, 3.8) is 0 Å². The molecule has 0 bridgehead atoms. The summed E-state index contributed by atoms with van der Waals surface area (Å²) in [6.45, 7) is -0.126. The highest BCUT2D eigenvalue weighted by molar-refractivity contribution is 7.88. The Bertz CT molecular complexity index is 528. The standard InChI is InChI=1S/C9H8N6OS/c10-14-12-6-8(13-15-11)7-17(16)9-4-2-1-3-5-9/h1-5,7H,6H2/b8-7+. The van der Waals surface area contributed by atoms with Crippen molar-refractivity contribution >= 4 is 10.8 Å². The molecule has 1 unspecified atom stereocenters. The molecule has 1 aromatic carbocycles. The lowest BCUT2D eigenvalue weighted by Crippen LogP contribution is -1.90. The lowest BCUT2D eigenvalue weighted by atomic mass is 10.4. The van der Waals surface area contributed by atoms with Crippen LogP contribution in [0.25, 0.3) is 20.9 Å². The third kappa shape index (κ3) is 4.40. The second-order valence-corrected chi connectivity index (χ2v) is 4.10. The highest BCUT2D eigenvalue weighted by Crippen LogP contribution is 2.10. The van der Waals surface area contributed by atoms with Gasteiger partial charge in [0.15, 0.2) is 0 Å². The second kappa shape index (κ2) is 7.08. The summed E-state index contributed by atoms with van der Waals surface area (Å²) in [4.78, 5) is 5.70. The van der Waals surface area contributed by atoms with Crippen LogP contribution in [-0.4, -0.2) is 10.8 Å². The van der Waals surface area contributed by atoms with Crippen molar-refractivity contribution in [2.75, 3.05) is 6.54 Å². The van der Waals surface area contributed by atoms with Crippen molar-refractivity contribution in [1.82, 2.24) is 0 Å². The van der Waals surface area contributed by atoms with E-state index < -0.39 is 10.8 Å². The van der Waals surface area contributed by atoms with Crippen LogP contribution in [0.4, 0.5) is 0 Å². The van der Waals surface area contributed by atoms with E-state index in [4.69, 9.17) is 11.1 Å². The summed E-state index contributed by atoms with van der Waals surface area (Å²) in [5.41, 5.74) is 16.6. The zero-order valence-electron chi connectivity index (χ0n) is 8.67. The van der Waals surface area contributed by atoms with Gasteiger partial charge in [0.1, 0.15) is 0 Å². The summed E-state index contributed by atoms with van der Waals surface area (Å²) in [5.74, 6) is 0. The summed E-state index contributed by atoms with van der Waals surface area (Å²) in [7, 11) is -1.43. The molecule has 1 aromatic rings. The molecule has 0 aliphatic heterocycles. The lowest BCUT2D eigenvalue weighted by Gasteiger charge is -1.97. The van der Waals surface area contributed by atoms with E-state index in [2.05, 4.69) is 20.1 Å². The fraction of sp³-hybridized carbons (Fsp3) is 0.111. The van der Waals surface area contributed by atoms with Crippen molar-refractivity contribution in [1.29, 1.82) is 0 Å². The first-order valence-corrected chi connectivity index (χ1v) is 5.71. The molecule has 17 heavy (non-hydrogen) atoms. The van der Waals surface area contributed by atoms with E-state index >= 15 is 0 Å². The summed E-state index contributed by atoms with van der Waals surface area (Å²) >= 11 is 0. The van der Waals surface area contributed by atoms with E-state index in [9.17, 15) is 4.21 Å². The van der Waals surface area contributed by atoms with Gasteiger partial charge in [0.2, 0.25) is 0 Å². The highest BCUT2D eigenvalue weighted by Gasteiger charge is 2.01. The molecule has 0 radical (unpaired) electrons. The van der Waals surface area contributed by atoms with Gasteiger partial charge in [-0.1, -0.05) is 28.4 Å². The molecule has 0 spiro atoms. The molecule has 1 rings (SSSR count). The zero-order chi connectivity index (χ0) is 12.5. The number of azide groups is 2. The van der Waals surface area contributed by atoms with Gasteiger partial charge in [-0.25, -0.2) is 4.21 Å². The maximum absolute atomic E-state index is 11.8. The van der Waals surface area contributed by atoms with Gasteiger partial charge in [-0.05, 0) is 23.2 Å². The molecule has 0 amide bonds. The third-order valence-electron chi connectivity index (χ3n) is 1.69. The average molecular weight is 248 g/mol. The van der Waals surface area contributed by atoms with E-state index in [1.54, 1.807) is 30.3 Å². The molecule has 8 heteroatoms. The van der Waals surface area contributed by atoms with Gasteiger partial charge in [0, 0.05) is 25.8 Å². The van der Waals surface area contributed by atoms with E-state index in [-0.39, 0.29) is 12.2 Å². The summed E-state index contributed by atoms with van der Waals surface area (Å²) in [6.07, 6.45) is 0. The van der Waals surface area contributed by atoms with Gasteiger partial charge in [0.25, 0.3) is 0 Å². The molecule has 0 saturated carbocycles. The minimum absolute atomic E-state index is 0.126. The van der Waals surface area contributed by atoms with Gasteiger partial charge in [-0.3, -0.25) is 0 Å². The van der Waals surface area contributed by atoms with E-state index in [1.165, 1.54) is 5.41 Å². The number of hydrogen-bond acceptors (Lipinski definition) is 3. The van der Waals surface area contributed by atoms with Crippen LogP contribution in [0.3, 0.4) is 0 Å². The first-order valence-electron chi connectivity index (χ1n) is 4.50. The Morgan fingerprint density at radius 1 is 1.29 bits per heavy atom. The summed E-state index contributed by atoms with van der Waals surface area (Å²) < 4.78 is 11.8. The van der Waals surface area contributed by atoms with Crippen molar-refractivity contribution in [2.45, 2.75) is 4.90 Å². The maximum atomic E-state index is 11.8. The minimum atomic E-state index is -1.43. The summed E-state index contributed by atoms with van der Waals surface area (Å²) in [5, 5.41) is 7.83. The van der Waals surface area contributed by atoms with Crippen LogP contribution in [-0.2, 0) is 10.8 Å². The monoisotopic (exact) mass is 248 g/mol. The molecule has 7 nitrogen and oxygen atoms in total. The molecular formula is C9H8N6OS. The molecule has 0 fully saturated rings. The minimum Gasteiger partial charge on any atom is -0.250 e. The molecule has 0 saturated heterocycles. The SMILES string of the molecule is [N-]=[N+]=NC/C(=C\S(=O)c1ccccc1)N=[N+]=[N-]. The van der Waals surface area contributed by atoms with Crippen LogP contribution >= 0.6 is 0 Å². The topological polar surface area (TPSA) is 115 Å². The normalized spacial score (nSPS) is 12.1. The van der Waals surface area contributed by atoms with Gasteiger partial charge < -0.3 is 0 Å². The Hall–Kier alpha value is -2.27. The first kappa shape index (κ1) is 12.8. The molecule has 86 valence electrons. The van der Waals surface area contributed by atoms with Gasteiger partial charge in [0.05, 0.1) is 17.3 Å². The van der Waals surface area contributed by atoms with Crippen molar-refractivity contribution in [3.05, 3.63) is 62.3 Å². The van der Waals surface area contributed by atoms with Gasteiger partial charge in [-0.2, -0.15) is 0 Å². The third-order valence-corrected chi connectivity index (χ3v) is 2.91. The molecular weight excluding hydrogens is 240 g/mol. The Balaban J connectivity index is 2.94. The Morgan fingerprint density at radius 3 is 2.59 bits per heavy atom. The molecule has 0 aliphatic rings. The smallest absolute Gasteiger partial charge is 0.0777 e. The Kier molecular flexibility index (Phi) is 5.33. The maximum Gasteiger partial charge on any atom is 0.0777 e. The molecule has 0 N–H and O–H groups in total. The highest BCUT2D eigenvalue weighted by atomic mass is 32.2. The molecule has 0 aliphatic carbocycles. The van der Waals surface area contributed by atoms with Crippen molar-refractivity contribution in [3.8, 4) is 0 Å². The molecule has 0 aromatic heterocycles. The van der Waals surface area contributed by atoms with Crippen LogP contribution in [0.5, 0.6) is 0 Å². The van der Waals surface area contributed by atoms with Crippen LogP contribution in [0.1, 0.15) is 0 Å². The lowest BCUT2D eigenvalue weighted by molar-refractivity contribution is 0.688. The van der Waals surface area contributed by atoms with E-state index in [1.807, 2.05) is 0 Å². The van der Waals surface area contributed by atoms with Gasteiger partial charge >= 0.3 is 0 Å². The largest absolute Gasteiger partial charge is 0.250 e. The van der Waals surface area contributed by atoms with Crippen LogP contribution in [0.2, 0.25) is 0 Å². The number of benzene rings is 1. The molecule has 0 heterocycles.